The molecule has 52 heavy (non-hydrogen) atoms. The lowest BCUT2D eigenvalue weighted by Crippen LogP contribution is -2.53. The number of alkyl carbamates (subject to hydrolysis) is 1. The first-order chi connectivity index (χ1) is 24.2. The SMILES string of the molecule is COC1C(C(CC(=O)NCCC(=O)O)NC(=O)CCNC(=O)CC(NC(=O)OC(C)(C)C)C2OC3OC(C)(C)OC3C2OC)OC2OC(C)(C)OC21. The van der Waals surface area contributed by atoms with Crippen molar-refractivity contribution < 1.29 is 71.7 Å². The molecule has 0 aromatic heterocycles. The zero-order valence-corrected chi connectivity index (χ0v) is 31.2. The zero-order valence-electron chi connectivity index (χ0n) is 31.2. The van der Waals surface area contributed by atoms with E-state index < -0.39 is 108 Å². The van der Waals surface area contributed by atoms with E-state index in [1.165, 1.54) is 14.2 Å². The second kappa shape index (κ2) is 16.9. The van der Waals surface area contributed by atoms with Crippen molar-refractivity contribution in [2.24, 2.45) is 0 Å². The molecule has 0 aliphatic carbocycles. The van der Waals surface area contributed by atoms with Crippen molar-refractivity contribution in [3.05, 3.63) is 0 Å². The fourth-order valence-corrected chi connectivity index (χ4v) is 6.60. The van der Waals surface area contributed by atoms with Crippen LogP contribution in [0.2, 0.25) is 0 Å². The lowest BCUT2D eigenvalue weighted by Gasteiger charge is -2.31. The van der Waals surface area contributed by atoms with Crippen LogP contribution in [0.1, 0.15) is 74.1 Å². The van der Waals surface area contributed by atoms with E-state index in [0.29, 0.717) is 0 Å². The molecule has 19 heteroatoms. The third kappa shape index (κ3) is 11.2. The van der Waals surface area contributed by atoms with Gasteiger partial charge in [-0.05, 0) is 48.5 Å². The largest absolute Gasteiger partial charge is 0.481 e. The predicted octanol–water partition coefficient (Wildman–Crippen LogP) is 0.0247. The number of carbonyl (C=O) groups excluding carboxylic acids is 4. The van der Waals surface area contributed by atoms with E-state index in [-0.39, 0.29) is 38.8 Å². The van der Waals surface area contributed by atoms with Gasteiger partial charge in [-0.2, -0.15) is 0 Å². The maximum absolute atomic E-state index is 13.2. The molecule has 4 fully saturated rings. The van der Waals surface area contributed by atoms with E-state index in [1.54, 1.807) is 48.5 Å². The van der Waals surface area contributed by atoms with E-state index in [4.69, 9.17) is 47.7 Å². The van der Waals surface area contributed by atoms with Gasteiger partial charge in [-0.15, -0.1) is 0 Å². The van der Waals surface area contributed by atoms with E-state index in [9.17, 15) is 24.0 Å². The van der Waals surface area contributed by atoms with Crippen LogP contribution in [0.25, 0.3) is 0 Å². The van der Waals surface area contributed by atoms with Crippen LogP contribution >= 0.6 is 0 Å². The number of fused-ring (bicyclic) bond motifs is 2. The minimum atomic E-state index is -1.08. The monoisotopic (exact) mass is 746 g/mol. The summed E-state index contributed by atoms with van der Waals surface area (Å²) in [6, 6.07) is -1.86. The molecule has 0 aromatic carbocycles. The summed E-state index contributed by atoms with van der Waals surface area (Å²) in [5.74, 6) is -4.48. The van der Waals surface area contributed by atoms with E-state index in [2.05, 4.69) is 21.3 Å². The van der Waals surface area contributed by atoms with Gasteiger partial charge in [0.2, 0.25) is 17.7 Å². The van der Waals surface area contributed by atoms with Crippen LogP contribution in [0, 0.1) is 0 Å². The molecule has 4 amide bonds. The molecule has 4 aliphatic rings. The minimum Gasteiger partial charge on any atom is -0.481 e. The van der Waals surface area contributed by atoms with Crippen LogP contribution in [-0.2, 0) is 61.8 Å². The summed E-state index contributed by atoms with van der Waals surface area (Å²) in [5, 5.41) is 19.6. The second-order valence-corrected chi connectivity index (χ2v) is 15.0. The Balaban J connectivity index is 1.37. The number of hydrogen-bond donors (Lipinski definition) is 5. The Labute approximate surface area is 302 Å². The van der Waals surface area contributed by atoms with Crippen molar-refractivity contribution in [2.75, 3.05) is 27.3 Å². The van der Waals surface area contributed by atoms with Gasteiger partial charge in [-0.3, -0.25) is 19.2 Å². The number of carbonyl (C=O) groups is 5. The lowest BCUT2D eigenvalue weighted by molar-refractivity contribution is -0.220. The van der Waals surface area contributed by atoms with E-state index >= 15 is 0 Å². The Morgan fingerprint density at radius 3 is 1.56 bits per heavy atom. The van der Waals surface area contributed by atoms with Gasteiger partial charge in [0.1, 0.15) is 42.2 Å². The first kappa shape index (κ1) is 41.6. The highest BCUT2D eigenvalue weighted by molar-refractivity contribution is 5.81. The van der Waals surface area contributed by atoms with Crippen LogP contribution in [-0.4, -0.2) is 141 Å². The van der Waals surface area contributed by atoms with Gasteiger partial charge in [0.05, 0.1) is 18.5 Å². The summed E-state index contributed by atoms with van der Waals surface area (Å²) in [6.07, 6.45) is -7.75. The Hall–Kier alpha value is -3.17. The number of carboxylic acids is 1. The van der Waals surface area contributed by atoms with E-state index in [0.717, 1.165) is 0 Å². The molecule has 0 radical (unpaired) electrons. The molecule has 0 aromatic rings. The first-order valence-electron chi connectivity index (χ1n) is 17.3. The quantitative estimate of drug-likeness (QED) is 0.140. The number of amides is 4. The molecule has 296 valence electrons. The Morgan fingerprint density at radius 1 is 0.692 bits per heavy atom. The number of nitrogens with one attached hydrogen (secondary N) is 4. The fraction of sp³-hybridized carbons (Fsp3) is 0.848. The molecular weight excluding hydrogens is 692 g/mol. The molecule has 10 atom stereocenters. The highest BCUT2D eigenvalue weighted by atomic mass is 16.9. The molecule has 0 spiro atoms. The summed E-state index contributed by atoms with van der Waals surface area (Å²) >= 11 is 0. The van der Waals surface area contributed by atoms with Crippen molar-refractivity contribution >= 4 is 29.8 Å². The standard InChI is InChI=1S/C33H54N4O15/c1-31(2,3)52-30(43)37-17(23-25(45-9)27-29(47-23)51-33(6,7)49-27)15-20(40)34-12-10-18(38)36-16(14-19(39)35-13-11-21(41)42)22-24(44-8)26-28(46-22)50-32(4,5)48-26/h16-17,22-29H,10-15H2,1-9H3,(H,34,40)(H,35,39)(H,36,38)(H,37,43)(H,41,42). The summed E-state index contributed by atoms with van der Waals surface area (Å²) in [6.45, 7) is 11.8. The summed E-state index contributed by atoms with van der Waals surface area (Å²) < 4.78 is 52.5. The number of carboxylic acid groups (broad SMARTS) is 1. The second-order valence-electron chi connectivity index (χ2n) is 15.0. The predicted molar refractivity (Wildman–Crippen MR) is 176 cm³/mol. The van der Waals surface area contributed by atoms with Gasteiger partial charge in [0.25, 0.3) is 0 Å². The van der Waals surface area contributed by atoms with Crippen LogP contribution < -0.4 is 21.3 Å². The van der Waals surface area contributed by atoms with Crippen LogP contribution in [0.5, 0.6) is 0 Å². The number of aliphatic carboxylic acids is 1. The molecule has 10 unspecified atom stereocenters. The summed E-state index contributed by atoms with van der Waals surface area (Å²) in [7, 11) is 2.91. The smallest absolute Gasteiger partial charge is 0.407 e. The van der Waals surface area contributed by atoms with Crippen molar-refractivity contribution in [3.8, 4) is 0 Å². The number of rotatable bonds is 16. The van der Waals surface area contributed by atoms with Gasteiger partial charge < -0.3 is 69.0 Å². The topological polar surface area (TPSA) is 237 Å². The maximum Gasteiger partial charge on any atom is 0.407 e. The third-order valence-corrected chi connectivity index (χ3v) is 8.59. The molecule has 4 aliphatic heterocycles. The normalized spacial score (nSPS) is 31.2. The first-order valence-corrected chi connectivity index (χ1v) is 17.3. The molecule has 4 rings (SSSR count). The third-order valence-electron chi connectivity index (χ3n) is 8.59. The number of ether oxygens (including phenoxy) is 9. The average Bonchev–Trinajstić information content (AvgIpc) is 3.68. The van der Waals surface area contributed by atoms with Crippen LogP contribution in [0.3, 0.4) is 0 Å². The highest BCUT2D eigenvalue weighted by Crippen LogP contribution is 2.41. The van der Waals surface area contributed by atoms with Crippen molar-refractivity contribution in [2.45, 2.75) is 153 Å². The summed E-state index contributed by atoms with van der Waals surface area (Å²) in [5.41, 5.74) is -0.812. The minimum absolute atomic E-state index is 0.100. The molecule has 0 bridgehead atoms. The maximum atomic E-state index is 13.2. The molecule has 5 N–H and O–H groups in total. The van der Waals surface area contributed by atoms with Crippen molar-refractivity contribution in [3.63, 3.8) is 0 Å². The van der Waals surface area contributed by atoms with Gasteiger partial charge in [-0.1, -0.05) is 0 Å². The van der Waals surface area contributed by atoms with Crippen LogP contribution in [0.15, 0.2) is 0 Å². The van der Waals surface area contributed by atoms with Crippen molar-refractivity contribution in [1.29, 1.82) is 0 Å². The van der Waals surface area contributed by atoms with Gasteiger partial charge in [0.15, 0.2) is 24.2 Å². The summed E-state index contributed by atoms with van der Waals surface area (Å²) in [4.78, 5) is 62.9. The van der Waals surface area contributed by atoms with E-state index in [1.807, 2.05) is 0 Å². The van der Waals surface area contributed by atoms with Gasteiger partial charge >= 0.3 is 12.1 Å². The molecule has 19 nitrogen and oxygen atoms in total. The van der Waals surface area contributed by atoms with Gasteiger partial charge in [-0.25, -0.2) is 4.79 Å². The lowest BCUT2D eigenvalue weighted by atomic mass is 9.99. The zero-order chi connectivity index (χ0) is 38.6. The molecule has 0 saturated carbocycles. The van der Waals surface area contributed by atoms with Crippen molar-refractivity contribution in [1.82, 2.24) is 21.3 Å². The number of hydrogen-bond acceptors (Lipinski definition) is 14. The molecular formula is C33H54N4O15. The molecule has 4 saturated heterocycles. The average molecular weight is 747 g/mol. The Morgan fingerprint density at radius 2 is 1.13 bits per heavy atom. The molecule has 4 heterocycles. The van der Waals surface area contributed by atoms with Crippen LogP contribution in [0.4, 0.5) is 4.79 Å². The Kier molecular flexibility index (Phi) is 13.5. The number of methoxy groups -OCH3 is 2. The van der Waals surface area contributed by atoms with Gasteiger partial charge in [0, 0.05) is 46.6 Å². The fourth-order valence-electron chi connectivity index (χ4n) is 6.60. The Bertz CT molecular complexity index is 1310. The highest BCUT2D eigenvalue weighted by Gasteiger charge is 2.58.